The maximum atomic E-state index is 11.8. The lowest BCUT2D eigenvalue weighted by molar-refractivity contribution is -0.118. The second-order valence-corrected chi connectivity index (χ2v) is 5.68. The second kappa shape index (κ2) is 4.00. The molecular weight excluding hydrogens is 250 g/mol. The Hall–Kier alpha value is -1.53. The zero-order valence-corrected chi connectivity index (χ0v) is 10.5. The van der Waals surface area contributed by atoms with Crippen LogP contribution < -0.4 is 16.4 Å². The van der Waals surface area contributed by atoms with Gasteiger partial charge in [0.1, 0.15) is 0 Å². The number of carbonyl (C=O) groups is 2. The van der Waals surface area contributed by atoms with Crippen LogP contribution in [0.5, 0.6) is 0 Å². The van der Waals surface area contributed by atoms with Crippen molar-refractivity contribution in [3.05, 3.63) is 18.2 Å². The highest BCUT2D eigenvalue weighted by Crippen LogP contribution is 2.36. The lowest BCUT2D eigenvalue weighted by atomic mass is 10.2. The Morgan fingerprint density at radius 2 is 2.22 bits per heavy atom. The van der Waals surface area contributed by atoms with Gasteiger partial charge < -0.3 is 16.4 Å². The number of hydrogen-bond donors (Lipinski definition) is 3. The quantitative estimate of drug-likeness (QED) is 0.747. The monoisotopic (exact) mass is 263 g/mol. The van der Waals surface area contributed by atoms with Crippen LogP contribution in [0.25, 0.3) is 0 Å². The van der Waals surface area contributed by atoms with E-state index < -0.39 is 5.54 Å². The molecular formula is C12H13N3O2S. The van der Waals surface area contributed by atoms with Crippen molar-refractivity contribution in [2.45, 2.75) is 23.3 Å². The summed E-state index contributed by atoms with van der Waals surface area (Å²) in [5, 5.41) is 5.57. The zero-order chi connectivity index (χ0) is 12.8. The summed E-state index contributed by atoms with van der Waals surface area (Å²) in [5.74, 6) is 0.260. The van der Waals surface area contributed by atoms with Gasteiger partial charge in [-0.3, -0.25) is 9.59 Å². The highest BCUT2D eigenvalue weighted by atomic mass is 32.2. The van der Waals surface area contributed by atoms with Crippen LogP contribution in [0.1, 0.15) is 12.8 Å². The van der Waals surface area contributed by atoms with Gasteiger partial charge in [-0.1, -0.05) is 0 Å². The summed E-state index contributed by atoms with van der Waals surface area (Å²) in [4.78, 5) is 24.1. The Morgan fingerprint density at radius 1 is 1.44 bits per heavy atom. The van der Waals surface area contributed by atoms with Crippen molar-refractivity contribution in [2.24, 2.45) is 5.73 Å². The fourth-order valence-electron chi connectivity index (χ4n) is 1.78. The normalized spacial score (nSPS) is 19.7. The van der Waals surface area contributed by atoms with Crippen molar-refractivity contribution >= 4 is 35.0 Å². The van der Waals surface area contributed by atoms with Crippen LogP contribution in [-0.2, 0) is 9.59 Å². The van der Waals surface area contributed by atoms with Crippen molar-refractivity contribution in [2.75, 3.05) is 16.4 Å². The van der Waals surface area contributed by atoms with Gasteiger partial charge in [0.25, 0.3) is 0 Å². The molecule has 1 aromatic carbocycles. The number of rotatable bonds is 2. The van der Waals surface area contributed by atoms with Crippen LogP contribution in [0.3, 0.4) is 0 Å². The molecule has 4 N–H and O–H groups in total. The van der Waals surface area contributed by atoms with Gasteiger partial charge in [0.2, 0.25) is 11.8 Å². The van der Waals surface area contributed by atoms with Crippen molar-refractivity contribution < 1.29 is 9.59 Å². The van der Waals surface area contributed by atoms with E-state index >= 15 is 0 Å². The maximum absolute atomic E-state index is 11.8. The summed E-state index contributed by atoms with van der Waals surface area (Å²) < 4.78 is 0. The number of carbonyl (C=O) groups excluding carboxylic acids is 2. The number of nitrogens with two attached hydrogens (primary N) is 1. The van der Waals surface area contributed by atoms with E-state index in [1.54, 1.807) is 6.07 Å². The SMILES string of the molecule is NC1(C(=O)Nc2ccc3c(c2)NC(=O)CS3)CC1. The Labute approximate surface area is 108 Å². The third-order valence-electron chi connectivity index (χ3n) is 3.11. The van der Waals surface area contributed by atoms with E-state index in [2.05, 4.69) is 10.6 Å². The molecule has 1 aromatic rings. The molecule has 6 heteroatoms. The van der Waals surface area contributed by atoms with Crippen molar-refractivity contribution in [3.8, 4) is 0 Å². The lowest BCUT2D eigenvalue weighted by Crippen LogP contribution is -2.37. The second-order valence-electron chi connectivity index (χ2n) is 4.66. The predicted octanol–water partition coefficient (Wildman–Crippen LogP) is 1.16. The number of fused-ring (bicyclic) bond motifs is 1. The molecule has 0 saturated heterocycles. The average molecular weight is 263 g/mol. The highest BCUT2D eigenvalue weighted by molar-refractivity contribution is 8.00. The van der Waals surface area contributed by atoms with Crippen LogP contribution in [-0.4, -0.2) is 23.1 Å². The Kier molecular flexibility index (Phi) is 2.57. The van der Waals surface area contributed by atoms with Gasteiger partial charge in [0.15, 0.2) is 0 Å². The minimum absolute atomic E-state index is 0.0199. The topological polar surface area (TPSA) is 84.2 Å². The first-order valence-electron chi connectivity index (χ1n) is 5.74. The summed E-state index contributed by atoms with van der Waals surface area (Å²) >= 11 is 1.49. The average Bonchev–Trinajstić information content (AvgIpc) is 3.08. The number of nitrogens with one attached hydrogen (secondary N) is 2. The minimum Gasteiger partial charge on any atom is -0.324 e. The van der Waals surface area contributed by atoms with E-state index in [4.69, 9.17) is 5.73 Å². The molecule has 0 radical (unpaired) electrons. The predicted molar refractivity (Wildman–Crippen MR) is 70.6 cm³/mol. The molecule has 2 amide bonds. The summed E-state index contributed by atoms with van der Waals surface area (Å²) in [6.07, 6.45) is 1.47. The number of anilines is 2. The van der Waals surface area contributed by atoms with Gasteiger partial charge in [0.05, 0.1) is 17.0 Å². The van der Waals surface area contributed by atoms with E-state index in [-0.39, 0.29) is 11.8 Å². The smallest absolute Gasteiger partial charge is 0.244 e. The molecule has 1 aliphatic heterocycles. The van der Waals surface area contributed by atoms with E-state index in [9.17, 15) is 9.59 Å². The number of thioether (sulfide) groups is 1. The zero-order valence-electron chi connectivity index (χ0n) is 9.66. The van der Waals surface area contributed by atoms with Gasteiger partial charge >= 0.3 is 0 Å². The van der Waals surface area contributed by atoms with Gasteiger partial charge in [-0.15, -0.1) is 11.8 Å². The maximum Gasteiger partial charge on any atom is 0.244 e. The van der Waals surface area contributed by atoms with E-state index in [0.717, 1.165) is 23.4 Å². The van der Waals surface area contributed by atoms with Gasteiger partial charge in [-0.05, 0) is 31.0 Å². The van der Waals surface area contributed by atoms with Crippen LogP contribution in [0.2, 0.25) is 0 Å². The first-order chi connectivity index (χ1) is 8.57. The molecule has 0 atom stereocenters. The summed E-state index contributed by atoms with van der Waals surface area (Å²) in [6.45, 7) is 0. The van der Waals surface area contributed by atoms with Crippen LogP contribution in [0.15, 0.2) is 23.1 Å². The van der Waals surface area contributed by atoms with E-state index in [0.29, 0.717) is 11.4 Å². The number of hydrogen-bond acceptors (Lipinski definition) is 4. The first-order valence-corrected chi connectivity index (χ1v) is 6.72. The number of benzene rings is 1. The minimum atomic E-state index is -0.687. The Bertz CT molecular complexity index is 540. The van der Waals surface area contributed by atoms with Crippen LogP contribution >= 0.6 is 11.8 Å². The lowest BCUT2D eigenvalue weighted by Gasteiger charge is -2.18. The molecule has 1 fully saturated rings. The summed E-state index contributed by atoms with van der Waals surface area (Å²) in [5.41, 5.74) is 6.54. The van der Waals surface area contributed by atoms with E-state index in [1.165, 1.54) is 11.8 Å². The molecule has 1 heterocycles. The first kappa shape index (κ1) is 11.6. The molecule has 18 heavy (non-hydrogen) atoms. The van der Waals surface area contributed by atoms with Crippen molar-refractivity contribution in [3.63, 3.8) is 0 Å². The molecule has 3 rings (SSSR count). The molecule has 94 valence electrons. The Balaban J connectivity index is 1.79. The summed E-state index contributed by atoms with van der Waals surface area (Å²) in [7, 11) is 0. The van der Waals surface area contributed by atoms with Gasteiger partial charge in [0, 0.05) is 10.6 Å². The van der Waals surface area contributed by atoms with Crippen molar-refractivity contribution in [1.82, 2.24) is 0 Å². The third kappa shape index (κ3) is 2.09. The van der Waals surface area contributed by atoms with E-state index in [1.807, 2.05) is 12.1 Å². The largest absolute Gasteiger partial charge is 0.324 e. The van der Waals surface area contributed by atoms with Crippen LogP contribution in [0.4, 0.5) is 11.4 Å². The molecule has 0 aromatic heterocycles. The fraction of sp³-hybridized carbons (Fsp3) is 0.333. The van der Waals surface area contributed by atoms with Crippen molar-refractivity contribution in [1.29, 1.82) is 0 Å². The molecule has 0 spiro atoms. The molecule has 0 bridgehead atoms. The Morgan fingerprint density at radius 3 is 2.94 bits per heavy atom. The number of amides is 2. The fourth-order valence-corrected chi connectivity index (χ4v) is 2.57. The van der Waals surface area contributed by atoms with Gasteiger partial charge in [-0.2, -0.15) is 0 Å². The van der Waals surface area contributed by atoms with Gasteiger partial charge in [-0.25, -0.2) is 0 Å². The molecule has 0 unspecified atom stereocenters. The van der Waals surface area contributed by atoms with Crippen LogP contribution in [0, 0.1) is 0 Å². The summed E-state index contributed by atoms with van der Waals surface area (Å²) in [6, 6.07) is 5.49. The standard InChI is InChI=1S/C12H13N3O2S/c13-12(3-4-12)11(17)14-7-1-2-9-8(5-7)15-10(16)6-18-9/h1-2,5H,3-4,6,13H2,(H,14,17)(H,15,16). The molecule has 5 nitrogen and oxygen atoms in total. The molecule has 1 aliphatic carbocycles. The third-order valence-corrected chi connectivity index (χ3v) is 4.18. The highest BCUT2D eigenvalue weighted by Gasteiger charge is 2.45. The molecule has 2 aliphatic rings. The molecule has 1 saturated carbocycles.